The van der Waals surface area contributed by atoms with Gasteiger partial charge in [-0.3, -0.25) is 9.78 Å². The number of pyridine rings is 1. The van der Waals surface area contributed by atoms with Gasteiger partial charge in [-0.25, -0.2) is 8.42 Å². The maximum Gasteiger partial charge on any atom is 0.511 e. The first-order valence-corrected chi connectivity index (χ1v) is 9.00. The third-order valence-corrected chi connectivity index (χ3v) is 6.07. The minimum Gasteiger partial charge on any atom is -0.376 e. The van der Waals surface area contributed by atoms with Gasteiger partial charge in [-0.15, -0.1) is 0 Å². The van der Waals surface area contributed by atoms with Crippen molar-refractivity contribution in [2.24, 2.45) is 11.8 Å². The molecule has 0 saturated carbocycles. The molecule has 7 nitrogen and oxygen atoms in total. The molecule has 0 bridgehead atoms. The van der Waals surface area contributed by atoms with Crippen LogP contribution >= 0.6 is 0 Å². The highest BCUT2D eigenvalue weighted by Crippen LogP contribution is 2.38. The predicted molar refractivity (Wildman–Crippen MR) is 79.8 cm³/mol. The van der Waals surface area contributed by atoms with Crippen LogP contribution in [-0.4, -0.2) is 61.5 Å². The Labute approximate surface area is 142 Å². The number of carbonyl (C=O) groups is 1. The van der Waals surface area contributed by atoms with Crippen molar-refractivity contribution in [2.45, 2.75) is 11.6 Å². The Morgan fingerprint density at radius 3 is 2.64 bits per heavy atom. The highest BCUT2D eigenvalue weighted by molar-refractivity contribution is 7.90. The lowest BCUT2D eigenvalue weighted by atomic mass is 9.93. The van der Waals surface area contributed by atoms with Crippen LogP contribution in [0.3, 0.4) is 0 Å². The number of halogens is 3. The molecule has 138 valence electrons. The topological polar surface area (TPSA) is 88.6 Å². The zero-order valence-electron chi connectivity index (χ0n) is 12.9. The van der Waals surface area contributed by atoms with E-state index in [2.05, 4.69) is 10.3 Å². The number of carbonyl (C=O) groups excluding carboxylic acids is 1. The second-order valence-electron chi connectivity index (χ2n) is 6.01. The van der Waals surface area contributed by atoms with E-state index in [4.69, 9.17) is 4.74 Å². The number of sulfonamides is 1. The third-order valence-electron chi connectivity index (χ3n) is 4.51. The van der Waals surface area contributed by atoms with Gasteiger partial charge >= 0.3 is 15.5 Å². The molecule has 2 aliphatic rings. The summed E-state index contributed by atoms with van der Waals surface area (Å²) in [6.45, 7) is -0.113. The van der Waals surface area contributed by atoms with Crippen LogP contribution in [0.2, 0.25) is 0 Å². The molecular weight excluding hydrogens is 363 g/mol. The highest BCUT2D eigenvalue weighted by Gasteiger charge is 2.55. The second-order valence-corrected chi connectivity index (χ2v) is 7.94. The number of alkyl halides is 3. The summed E-state index contributed by atoms with van der Waals surface area (Å²) in [5.41, 5.74) is -4.91. The molecule has 0 aromatic carbocycles. The van der Waals surface area contributed by atoms with Crippen LogP contribution < -0.4 is 5.32 Å². The summed E-state index contributed by atoms with van der Waals surface area (Å²) in [5.74, 6) is -0.956. The summed E-state index contributed by atoms with van der Waals surface area (Å²) in [4.78, 5) is 15.8. The number of ether oxygens (including phenoxy) is 1. The highest BCUT2D eigenvalue weighted by atomic mass is 32.2. The van der Waals surface area contributed by atoms with Gasteiger partial charge in [-0.1, -0.05) is 0 Å². The normalized spacial score (nSPS) is 27.2. The van der Waals surface area contributed by atoms with Gasteiger partial charge < -0.3 is 10.1 Å². The minimum atomic E-state index is -5.36. The molecule has 2 fully saturated rings. The molecule has 11 heteroatoms. The molecule has 0 radical (unpaired) electrons. The first-order valence-electron chi connectivity index (χ1n) is 7.56. The molecule has 1 aromatic heterocycles. The van der Waals surface area contributed by atoms with Crippen LogP contribution in [0, 0.1) is 11.8 Å². The molecule has 25 heavy (non-hydrogen) atoms. The van der Waals surface area contributed by atoms with Gasteiger partial charge in [-0.05, 0) is 12.1 Å². The van der Waals surface area contributed by atoms with Crippen molar-refractivity contribution in [3.8, 4) is 0 Å². The van der Waals surface area contributed by atoms with Gasteiger partial charge in [0, 0.05) is 49.4 Å². The molecule has 3 atom stereocenters. The molecule has 1 aromatic rings. The first kappa shape index (κ1) is 18.1. The number of hydrogen-bond donors (Lipinski definition) is 1. The summed E-state index contributed by atoms with van der Waals surface area (Å²) in [7, 11) is -5.36. The number of nitrogens with zero attached hydrogens (tertiary/aromatic N) is 2. The van der Waals surface area contributed by atoms with Crippen molar-refractivity contribution in [1.82, 2.24) is 14.6 Å². The summed E-state index contributed by atoms with van der Waals surface area (Å²) < 4.78 is 66.9. The van der Waals surface area contributed by atoms with Crippen molar-refractivity contribution in [2.75, 3.05) is 26.2 Å². The van der Waals surface area contributed by atoms with Gasteiger partial charge in [0.2, 0.25) is 0 Å². The Kier molecular flexibility index (Phi) is 4.73. The Morgan fingerprint density at radius 2 is 2.00 bits per heavy atom. The molecule has 3 rings (SSSR count). The van der Waals surface area contributed by atoms with E-state index in [0.29, 0.717) is 9.87 Å². The molecule has 2 saturated heterocycles. The van der Waals surface area contributed by atoms with Crippen molar-refractivity contribution >= 4 is 15.9 Å². The Morgan fingerprint density at radius 1 is 1.32 bits per heavy atom. The number of amides is 1. The van der Waals surface area contributed by atoms with Crippen LogP contribution in [0.15, 0.2) is 24.5 Å². The van der Waals surface area contributed by atoms with Crippen LogP contribution in [0.25, 0.3) is 0 Å². The summed E-state index contributed by atoms with van der Waals surface area (Å²) in [6.07, 6.45) is 2.36. The lowest BCUT2D eigenvalue weighted by molar-refractivity contribution is -0.0488. The van der Waals surface area contributed by atoms with Gasteiger partial charge in [0.1, 0.15) is 0 Å². The zero-order chi connectivity index (χ0) is 18.2. The van der Waals surface area contributed by atoms with Crippen LogP contribution in [0.1, 0.15) is 10.4 Å². The van der Waals surface area contributed by atoms with Crippen molar-refractivity contribution in [3.63, 3.8) is 0 Å². The Bertz CT molecular complexity index is 741. The molecule has 1 N–H and O–H groups in total. The fraction of sp³-hybridized carbons (Fsp3) is 0.571. The van der Waals surface area contributed by atoms with Crippen molar-refractivity contribution in [1.29, 1.82) is 0 Å². The predicted octanol–water partition coefficient (Wildman–Crippen LogP) is 0.608. The van der Waals surface area contributed by atoms with Crippen molar-refractivity contribution in [3.05, 3.63) is 30.1 Å². The number of aromatic nitrogens is 1. The van der Waals surface area contributed by atoms with Crippen LogP contribution in [0.4, 0.5) is 13.2 Å². The van der Waals surface area contributed by atoms with E-state index in [1.165, 1.54) is 24.5 Å². The maximum atomic E-state index is 12.7. The van der Waals surface area contributed by atoms with E-state index in [0.717, 1.165) is 0 Å². The zero-order valence-corrected chi connectivity index (χ0v) is 13.8. The Balaban J connectivity index is 1.60. The third kappa shape index (κ3) is 3.48. The number of rotatable bonds is 4. The molecule has 3 heterocycles. The average molecular weight is 379 g/mol. The Hall–Kier alpha value is -1.72. The van der Waals surface area contributed by atoms with Crippen LogP contribution in [0.5, 0.6) is 0 Å². The monoisotopic (exact) mass is 379 g/mol. The lowest BCUT2D eigenvalue weighted by Crippen LogP contribution is -2.41. The van der Waals surface area contributed by atoms with E-state index in [1.54, 1.807) is 0 Å². The maximum absolute atomic E-state index is 12.7. The van der Waals surface area contributed by atoms with E-state index in [9.17, 15) is 26.4 Å². The summed E-state index contributed by atoms with van der Waals surface area (Å²) in [6, 6.07) is 3.08. The van der Waals surface area contributed by atoms with E-state index in [-0.39, 0.29) is 44.0 Å². The van der Waals surface area contributed by atoms with Gasteiger partial charge in [-0.2, -0.15) is 17.5 Å². The SMILES string of the molecule is O=C(NC[C@H]1CO[C@@H]2CN(S(=O)(=O)C(F)(F)F)C[C@H]12)c1ccncc1. The quantitative estimate of drug-likeness (QED) is 0.828. The molecule has 0 spiro atoms. The first-order chi connectivity index (χ1) is 11.7. The number of hydrogen-bond acceptors (Lipinski definition) is 5. The molecular formula is C14H16F3N3O4S. The largest absolute Gasteiger partial charge is 0.511 e. The molecule has 1 amide bonds. The smallest absolute Gasteiger partial charge is 0.376 e. The van der Waals surface area contributed by atoms with Gasteiger partial charge in [0.05, 0.1) is 12.7 Å². The van der Waals surface area contributed by atoms with Gasteiger partial charge in [0.15, 0.2) is 0 Å². The van der Waals surface area contributed by atoms with E-state index in [1.807, 2.05) is 0 Å². The minimum absolute atomic E-state index is 0.197. The summed E-state index contributed by atoms with van der Waals surface area (Å²) >= 11 is 0. The second kappa shape index (κ2) is 6.54. The molecule has 0 unspecified atom stereocenters. The van der Waals surface area contributed by atoms with E-state index >= 15 is 0 Å². The lowest BCUT2D eigenvalue weighted by Gasteiger charge is -2.20. The van der Waals surface area contributed by atoms with Crippen molar-refractivity contribution < 1.29 is 31.1 Å². The summed E-state index contributed by atoms with van der Waals surface area (Å²) in [5, 5.41) is 2.70. The molecule has 0 aliphatic carbocycles. The average Bonchev–Trinajstić information content (AvgIpc) is 3.13. The van der Waals surface area contributed by atoms with E-state index < -0.39 is 21.6 Å². The van der Waals surface area contributed by atoms with Crippen LogP contribution in [-0.2, 0) is 14.8 Å². The fourth-order valence-corrected chi connectivity index (χ4v) is 4.15. The molecule has 2 aliphatic heterocycles. The standard InChI is InChI=1S/C14H16F3N3O4S/c15-14(16,17)25(22,23)20-6-11-10(8-24-12(11)7-20)5-19-13(21)9-1-3-18-4-2-9/h1-4,10-12H,5-8H2,(H,19,21)/t10-,11+,12+/m0/s1. The number of nitrogens with one attached hydrogen (secondary N) is 1. The van der Waals surface area contributed by atoms with Gasteiger partial charge in [0.25, 0.3) is 5.91 Å². The fourth-order valence-electron chi connectivity index (χ4n) is 3.15. The number of fused-ring (bicyclic) bond motifs is 1.